The number of nitrogens with one attached hydrogen (secondary N) is 1. The molecule has 1 amide bonds. The summed E-state index contributed by atoms with van der Waals surface area (Å²) in [4.78, 5) is 20.7. The molecular formula is C24H23N3OS2. The van der Waals surface area contributed by atoms with Crippen LogP contribution in [0.15, 0.2) is 35.7 Å². The van der Waals surface area contributed by atoms with Crippen LogP contribution < -0.4 is 11.1 Å². The van der Waals surface area contributed by atoms with E-state index in [1.54, 1.807) is 11.3 Å². The molecule has 0 radical (unpaired) electrons. The minimum atomic E-state index is -0.164. The number of aromatic nitrogens is 1. The molecule has 30 heavy (non-hydrogen) atoms. The third-order valence-corrected chi connectivity index (χ3v) is 7.61. The van der Waals surface area contributed by atoms with Crippen LogP contribution >= 0.6 is 22.7 Å². The zero-order valence-electron chi connectivity index (χ0n) is 17.0. The Balaban J connectivity index is 1.62. The first-order valence-corrected chi connectivity index (χ1v) is 11.9. The Labute approximate surface area is 183 Å². The van der Waals surface area contributed by atoms with Crippen LogP contribution in [0.25, 0.3) is 20.8 Å². The highest BCUT2D eigenvalue weighted by molar-refractivity contribution is 7.21. The number of amides is 1. The third kappa shape index (κ3) is 3.30. The van der Waals surface area contributed by atoms with Crippen molar-refractivity contribution in [3.8, 4) is 10.6 Å². The normalized spacial score (nSPS) is 13.4. The number of thiophene rings is 2. The summed E-state index contributed by atoms with van der Waals surface area (Å²) >= 11 is 3.11. The van der Waals surface area contributed by atoms with E-state index in [1.165, 1.54) is 33.8 Å². The molecule has 3 aromatic heterocycles. The third-order valence-electron chi connectivity index (χ3n) is 5.64. The Morgan fingerprint density at radius 2 is 1.83 bits per heavy atom. The molecule has 4 nitrogen and oxygen atoms in total. The lowest BCUT2D eigenvalue weighted by atomic mass is 9.88. The molecule has 0 fully saturated rings. The van der Waals surface area contributed by atoms with E-state index in [0.29, 0.717) is 10.6 Å². The Morgan fingerprint density at radius 3 is 2.53 bits per heavy atom. The van der Waals surface area contributed by atoms with Gasteiger partial charge in [-0.3, -0.25) is 4.79 Å². The van der Waals surface area contributed by atoms with E-state index in [-0.39, 0.29) is 5.91 Å². The first kappa shape index (κ1) is 19.3. The first-order valence-electron chi connectivity index (χ1n) is 10.2. The second-order valence-electron chi connectivity index (χ2n) is 7.96. The molecule has 0 bridgehead atoms. The van der Waals surface area contributed by atoms with Gasteiger partial charge in [-0.1, -0.05) is 12.1 Å². The zero-order valence-corrected chi connectivity index (χ0v) is 18.7. The van der Waals surface area contributed by atoms with Crippen LogP contribution in [0.5, 0.6) is 0 Å². The van der Waals surface area contributed by atoms with Gasteiger partial charge in [0.05, 0.1) is 16.3 Å². The second-order valence-corrected chi connectivity index (χ2v) is 9.90. The Hall–Kier alpha value is -2.70. The van der Waals surface area contributed by atoms with Crippen LogP contribution in [0.3, 0.4) is 0 Å². The predicted octanol–water partition coefficient (Wildman–Crippen LogP) is 6.35. The number of nitrogen functional groups attached to an aromatic ring is 1. The zero-order chi connectivity index (χ0) is 20.8. The lowest BCUT2D eigenvalue weighted by molar-refractivity contribution is 0.103. The maximum absolute atomic E-state index is 13.1. The minimum Gasteiger partial charge on any atom is -0.397 e. The largest absolute Gasteiger partial charge is 0.397 e. The van der Waals surface area contributed by atoms with Crippen molar-refractivity contribution in [2.24, 2.45) is 0 Å². The molecule has 5 rings (SSSR count). The fourth-order valence-electron chi connectivity index (χ4n) is 4.43. The number of aryl methyl sites for hydroxylation is 3. The summed E-state index contributed by atoms with van der Waals surface area (Å²) in [6.07, 6.45) is 4.33. The van der Waals surface area contributed by atoms with Crippen LogP contribution in [0.4, 0.5) is 11.4 Å². The molecule has 1 aliphatic rings. The molecule has 3 heterocycles. The van der Waals surface area contributed by atoms with Crippen LogP contribution in [-0.4, -0.2) is 10.9 Å². The molecule has 152 valence electrons. The molecule has 4 aromatic rings. The van der Waals surface area contributed by atoms with Crippen molar-refractivity contribution in [1.29, 1.82) is 0 Å². The Kier molecular flexibility index (Phi) is 4.83. The highest BCUT2D eigenvalue weighted by Crippen LogP contribution is 2.43. The van der Waals surface area contributed by atoms with Crippen LogP contribution in [0.1, 0.15) is 44.8 Å². The number of nitrogens with zero attached hydrogens (tertiary/aromatic N) is 1. The van der Waals surface area contributed by atoms with Gasteiger partial charge < -0.3 is 11.1 Å². The van der Waals surface area contributed by atoms with Crippen molar-refractivity contribution in [1.82, 2.24) is 4.98 Å². The van der Waals surface area contributed by atoms with Gasteiger partial charge in [0.25, 0.3) is 5.91 Å². The average Bonchev–Trinajstić information content (AvgIpc) is 3.35. The molecule has 0 unspecified atom stereocenters. The van der Waals surface area contributed by atoms with Gasteiger partial charge >= 0.3 is 0 Å². The van der Waals surface area contributed by atoms with E-state index in [2.05, 4.69) is 28.9 Å². The molecule has 0 aliphatic heterocycles. The standard InChI is InChI=1S/C24H23N3OS2/c1-13-10-14(2)12-15(11-13)26-23(28)22-20(25)19-16-6-3-4-7-17(16)21(27-24(19)30-22)18-8-5-9-29-18/h5,8-12H,3-4,6-7,25H2,1-2H3,(H,26,28). The Bertz CT molecular complexity index is 1250. The van der Waals surface area contributed by atoms with Crippen molar-refractivity contribution in [2.75, 3.05) is 11.1 Å². The molecule has 0 spiro atoms. The smallest absolute Gasteiger partial charge is 0.267 e. The van der Waals surface area contributed by atoms with Gasteiger partial charge in [0, 0.05) is 11.1 Å². The van der Waals surface area contributed by atoms with E-state index in [0.717, 1.165) is 52.0 Å². The number of hydrogen-bond donors (Lipinski definition) is 2. The number of anilines is 2. The minimum absolute atomic E-state index is 0.164. The highest BCUT2D eigenvalue weighted by Gasteiger charge is 2.26. The molecule has 6 heteroatoms. The lowest BCUT2D eigenvalue weighted by Crippen LogP contribution is -2.12. The first-order chi connectivity index (χ1) is 14.5. The van der Waals surface area contributed by atoms with Crippen molar-refractivity contribution >= 4 is 50.2 Å². The van der Waals surface area contributed by atoms with E-state index in [9.17, 15) is 4.79 Å². The van der Waals surface area contributed by atoms with E-state index in [4.69, 9.17) is 10.7 Å². The predicted molar refractivity (Wildman–Crippen MR) is 128 cm³/mol. The summed E-state index contributed by atoms with van der Waals surface area (Å²) in [5.74, 6) is -0.164. The maximum Gasteiger partial charge on any atom is 0.267 e. The van der Waals surface area contributed by atoms with Crippen molar-refractivity contribution in [3.05, 3.63) is 62.8 Å². The second kappa shape index (κ2) is 7.52. The van der Waals surface area contributed by atoms with Gasteiger partial charge in [0.1, 0.15) is 9.71 Å². The molecule has 0 saturated carbocycles. The SMILES string of the molecule is Cc1cc(C)cc(NC(=O)c2sc3nc(-c4cccs4)c4c(c3c2N)CCCC4)c1. The number of benzene rings is 1. The van der Waals surface area contributed by atoms with Crippen LogP contribution in [-0.2, 0) is 12.8 Å². The quantitative estimate of drug-likeness (QED) is 0.395. The number of rotatable bonds is 3. The van der Waals surface area contributed by atoms with Crippen molar-refractivity contribution in [2.45, 2.75) is 39.5 Å². The summed E-state index contributed by atoms with van der Waals surface area (Å²) in [5, 5.41) is 6.10. The summed E-state index contributed by atoms with van der Waals surface area (Å²) in [6.45, 7) is 4.05. The van der Waals surface area contributed by atoms with Crippen LogP contribution in [0.2, 0.25) is 0 Å². The van der Waals surface area contributed by atoms with E-state index in [1.807, 2.05) is 26.0 Å². The van der Waals surface area contributed by atoms with Gasteiger partial charge in [-0.15, -0.1) is 22.7 Å². The molecule has 0 saturated heterocycles. The number of fused-ring (bicyclic) bond motifs is 3. The van der Waals surface area contributed by atoms with Gasteiger partial charge in [-0.2, -0.15) is 0 Å². The highest BCUT2D eigenvalue weighted by atomic mass is 32.1. The van der Waals surface area contributed by atoms with E-state index >= 15 is 0 Å². The van der Waals surface area contributed by atoms with Gasteiger partial charge in [0.15, 0.2) is 0 Å². The topological polar surface area (TPSA) is 68.0 Å². The lowest BCUT2D eigenvalue weighted by Gasteiger charge is -2.19. The monoisotopic (exact) mass is 433 g/mol. The summed E-state index contributed by atoms with van der Waals surface area (Å²) in [5.41, 5.74) is 13.8. The van der Waals surface area contributed by atoms with Gasteiger partial charge in [-0.05, 0) is 85.4 Å². The van der Waals surface area contributed by atoms with Gasteiger partial charge in [-0.25, -0.2) is 4.98 Å². The summed E-state index contributed by atoms with van der Waals surface area (Å²) in [7, 11) is 0. The average molecular weight is 434 g/mol. The molecule has 1 aromatic carbocycles. The number of pyridine rings is 1. The number of carbonyl (C=O) groups is 1. The van der Waals surface area contributed by atoms with Gasteiger partial charge in [0.2, 0.25) is 0 Å². The summed E-state index contributed by atoms with van der Waals surface area (Å²) in [6, 6.07) is 10.2. The van der Waals surface area contributed by atoms with E-state index < -0.39 is 0 Å². The maximum atomic E-state index is 13.1. The number of carbonyl (C=O) groups excluding carboxylic acids is 1. The number of nitrogens with two attached hydrogens (primary N) is 1. The Morgan fingerprint density at radius 1 is 1.10 bits per heavy atom. The van der Waals surface area contributed by atoms with Crippen LogP contribution in [0, 0.1) is 13.8 Å². The fourth-order valence-corrected chi connectivity index (χ4v) is 6.20. The number of hydrogen-bond acceptors (Lipinski definition) is 5. The molecule has 0 atom stereocenters. The molecule has 1 aliphatic carbocycles. The fraction of sp³-hybridized carbons (Fsp3) is 0.250. The van der Waals surface area contributed by atoms with Crippen molar-refractivity contribution in [3.63, 3.8) is 0 Å². The molecular weight excluding hydrogens is 410 g/mol. The summed E-state index contributed by atoms with van der Waals surface area (Å²) < 4.78 is 0. The molecule has 3 N–H and O–H groups in total. The van der Waals surface area contributed by atoms with Crippen molar-refractivity contribution < 1.29 is 4.79 Å².